The fourth-order valence-corrected chi connectivity index (χ4v) is 6.32. The van der Waals surface area contributed by atoms with E-state index in [0.29, 0.717) is 29.0 Å². The molecule has 5 rings (SSSR count). The van der Waals surface area contributed by atoms with Crippen LogP contribution in [0.1, 0.15) is 80.6 Å². The van der Waals surface area contributed by atoms with Crippen molar-refractivity contribution in [1.82, 2.24) is 9.88 Å². The number of amides is 1. The fraction of sp³-hybridized carbons (Fsp3) is 0.262. The molecular weight excluding hydrogens is 783 g/mol. The number of methoxy groups -OCH3 is 1. The lowest BCUT2D eigenvalue weighted by atomic mass is 9.92. The number of carbonyl (C=O) groups is 2. The largest absolute Gasteiger partial charge is 0.497 e. The van der Waals surface area contributed by atoms with E-state index in [4.69, 9.17) is 14.2 Å². The van der Waals surface area contributed by atoms with Crippen LogP contribution < -0.4 is 0 Å². The van der Waals surface area contributed by atoms with Crippen molar-refractivity contribution in [3.63, 3.8) is 0 Å². The van der Waals surface area contributed by atoms with Gasteiger partial charge < -0.3 is 14.2 Å². The van der Waals surface area contributed by atoms with Crippen LogP contribution in [0.5, 0.6) is 0 Å². The van der Waals surface area contributed by atoms with Crippen LogP contribution in [0.25, 0.3) is 11.1 Å². The monoisotopic (exact) mass is 818 g/mol. The van der Waals surface area contributed by atoms with Crippen LogP contribution in [-0.2, 0) is 45.9 Å². The molecule has 1 aromatic heterocycles. The second-order valence-corrected chi connectivity index (χ2v) is 13.2. The lowest BCUT2D eigenvalue weighted by Crippen LogP contribution is -2.32. The van der Waals surface area contributed by atoms with Gasteiger partial charge in [-0.05, 0) is 91.1 Å². The van der Waals surface area contributed by atoms with Gasteiger partial charge in [-0.2, -0.15) is 39.5 Å². The maximum atomic E-state index is 14.1. The highest BCUT2D eigenvalue weighted by molar-refractivity contribution is 5.91. The fourth-order valence-electron chi connectivity index (χ4n) is 6.32. The molecule has 0 radical (unpaired) electrons. The van der Waals surface area contributed by atoms with E-state index in [-0.39, 0.29) is 40.8 Å². The van der Waals surface area contributed by atoms with Gasteiger partial charge in [0.2, 0.25) is 0 Å². The second kappa shape index (κ2) is 16.8. The van der Waals surface area contributed by atoms with Gasteiger partial charge in [0.25, 0.3) is 0 Å². The van der Waals surface area contributed by atoms with E-state index in [0.717, 1.165) is 28.7 Å². The van der Waals surface area contributed by atoms with E-state index < -0.39 is 71.5 Å². The van der Waals surface area contributed by atoms with Gasteiger partial charge in [-0.3, -0.25) is 4.90 Å². The molecule has 7 nitrogen and oxygen atoms in total. The molecule has 1 amide bonds. The van der Waals surface area contributed by atoms with Crippen LogP contribution in [0.15, 0.2) is 103 Å². The first-order valence-corrected chi connectivity index (χ1v) is 17.4. The number of nitrogens with zero attached hydrogens (tertiary/aromatic N) is 2. The molecule has 0 bridgehead atoms. The number of hydrogen-bond acceptors (Lipinski definition) is 6. The average Bonchev–Trinajstić information content (AvgIpc) is 3.45. The van der Waals surface area contributed by atoms with Gasteiger partial charge in [-0.15, -0.1) is 0 Å². The number of cyclic esters (lactones) is 1. The van der Waals surface area contributed by atoms with E-state index in [1.54, 1.807) is 56.3 Å². The van der Waals surface area contributed by atoms with Crippen molar-refractivity contribution in [2.75, 3.05) is 7.11 Å². The minimum atomic E-state index is -5.18. The first kappa shape index (κ1) is 43.1. The molecule has 0 saturated carbocycles. The summed E-state index contributed by atoms with van der Waals surface area (Å²) in [6.45, 7) is 7.90. The number of alkyl halides is 9. The van der Waals surface area contributed by atoms with Crippen LogP contribution in [-0.4, -0.2) is 35.1 Å². The van der Waals surface area contributed by atoms with Crippen molar-refractivity contribution in [2.45, 2.75) is 64.6 Å². The van der Waals surface area contributed by atoms with Gasteiger partial charge in [0, 0.05) is 16.8 Å². The molecule has 2 heterocycles. The Balaban J connectivity index is 1.52. The van der Waals surface area contributed by atoms with Crippen molar-refractivity contribution >= 4 is 23.2 Å². The normalized spacial score (nSPS) is 16.6. The van der Waals surface area contributed by atoms with Crippen LogP contribution >= 0.6 is 0 Å². The van der Waals surface area contributed by atoms with Gasteiger partial charge >= 0.3 is 30.6 Å². The van der Waals surface area contributed by atoms with Crippen LogP contribution in [0.3, 0.4) is 0 Å². The molecule has 0 spiro atoms. The van der Waals surface area contributed by atoms with Crippen molar-refractivity contribution in [1.29, 1.82) is 0 Å². The van der Waals surface area contributed by atoms with Gasteiger partial charge in [0.1, 0.15) is 24.2 Å². The Morgan fingerprint density at radius 1 is 0.862 bits per heavy atom. The Morgan fingerprint density at radius 2 is 1.47 bits per heavy atom. The molecule has 0 unspecified atom stereocenters. The molecular formula is C42H35F9N2O5. The topological polar surface area (TPSA) is 78.0 Å². The number of rotatable bonds is 11. The number of hydrogen-bond donors (Lipinski definition) is 0. The number of halogens is 9. The predicted octanol–water partition coefficient (Wildman–Crippen LogP) is 11.5. The molecule has 1 aliphatic rings. The summed E-state index contributed by atoms with van der Waals surface area (Å²) >= 11 is 0. The summed E-state index contributed by atoms with van der Waals surface area (Å²) in [5.74, 6) is -0.699. The number of aryl methyl sites for hydroxylation is 1. The Bertz CT molecular complexity index is 2230. The number of aromatic nitrogens is 1. The molecule has 4 aromatic rings. The standard InChI is InChI=1S/C42H35F9N2O5/c1-6-27(33-14-15-36(52-23(33)2)38(54)57-22-26-10-8-7-9-11-26)19-35(25(4)56-5)34-13-12-30(40(43,44)45)18-29(34)21-53-24(3)37(58-39(53)55)28-16-31(41(46,47)48)20-32(17-28)42(49,50)51/h6-20,24,37H,4,21-22H2,1-3,5H3/b27-6+,35-19+/t24-,37-/m0/s1. The first-order valence-electron chi connectivity index (χ1n) is 17.4. The van der Waals surface area contributed by atoms with Crippen molar-refractivity contribution in [3.05, 3.63) is 159 Å². The highest BCUT2D eigenvalue weighted by Crippen LogP contribution is 2.42. The lowest BCUT2D eigenvalue weighted by Gasteiger charge is -2.25. The van der Waals surface area contributed by atoms with Crippen LogP contribution in [0, 0.1) is 6.92 Å². The predicted molar refractivity (Wildman–Crippen MR) is 194 cm³/mol. The molecule has 2 atom stereocenters. The van der Waals surface area contributed by atoms with Crippen molar-refractivity contribution in [3.8, 4) is 0 Å². The van der Waals surface area contributed by atoms with Crippen LogP contribution in [0.2, 0.25) is 0 Å². The first-order chi connectivity index (χ1) is 27.1. The summed E-state index contributed by atoms with van der Waals surface area (Å²) in [5.41, 5.74) is -2.73. The molecule has 306 valence electrons. The number of esters is 1. The summed E-state index contributed by atoms with van der Waals surface area (Å²) < 4.78 is 140. The molecule has 1 fully saturated rings. The van der Waals surface area contributed by atoms with Gasteiger partial charge in [0.05, 0.1) is 36.4 Å². The number of ether oxygens (including phenoxy) is 3. The third-order valence-electron chi connectivity index (χ3n) is 9.37. The maximum Gasteiger partial charge on any atom is 0.416 e. The molecule has 1 aliphatic heterocycles. The van der Waals surface area contributed by atoms with E-state index >= 15 is 0 Å². The number of pyridine rings is 1. The summed E-state index contributed by atoms with van der Waals surface area (Å²) in [4.78, 5) is 31.4. The number of carbonyl (C=O) groups excluding carboxylic acids is 2. The highest BCUT2D eigenvalue weighted by Gasteiger charge is 2.44. The molecule has 0 N–H and O–H groups in total. The number of benzene rings is 3. The Morgan fingerprint density at radius 3 is 2.02 bits per heavy atom. The third-order valence-corrected chi connectivity index (χ3v) is 9.37. The quantitative estimate of drug-likeness (QED) is 0.0649. The maximum absolute atomic E-state index is 14.1. The molecule has 0 aliphatic carbocycles. The summed E-state index contributed by atoms with van der Waals surface area (Å²) in [5, 5.41) is 0. The van der Waals surface area contributed by atoms with Gasteiger partial charge in [-0.25, -0.2) is 14.6 Å². The van der Waals surface area contributed by atoms with E-state index in [1.807, 2.05) is 6.07 Å². The second-order valence-electron chi connectivity index (χ2n) is 13.2. The van der Waals surface area contributed by atoms with Crippen molar-refractivity contribution < 1.29 is 63.3 Å². The average molecular weight is 819 g/mol. The number of allylic oxidation sites excluding steroid dienone is 4. The lowest BCUT2D eigenvalue weighted by molar-refractivity contribution is -0.143. The zero-order valence-corrected chi connectivity index (χ0v) is 31.3. The zero-order valence-electron chi connectivity index (χ0n) is 31.3. The Hall–Kier alpha value is -6.06. The Labute approximate surface area is 327 Å². The summed E-state index contributed by atoms with van der Waals surface area (Å²) in [7, 11) is 1.27. The van der Waals surface area contributed by atoms with Crippen molar-refractivity contribution in [2.24, 2.45) is 0 Å². The third kappa shape index (κ3) is 9.72. The van der Waals surface area contributed by atoms with Crippen LogP contribution in [0.4, 0.5) is 44.3 Å². The zero-order chi connectivity index (χ0) is 42.7. The summed E-state index contributed by atoms with van der Waals surface area (Å²) in [6.07, 6.45) is -14.9. The van der Waals surface area contributed by atoms with E-state index in [1.165, 1.54) is 20.1 Å². The van der Waals surface area contributed by atoms with E-state index in [9.17, 15) is 49.1 Å². The van der Waals surface area contributed by atoms with Gasteiger partial charge in [-0.1, -0.05) is 55.1 Å². The molecule has 3 aromatic carbocycles. The SMILES string of the molecule is C=C(OC)/C(=C\C(=C/C)c1ccc(C(=O)OCc2ccccc2)nc1C)c1ccc(C(F)(F)F)cc1CN1C(=O)O[C@H](c2cc(C(F)(F)F)cc(C(F)(F)F)c2)[C@@H]1C. The molecule has 58 heavy (non-hydrogen) atoms. The highest BCUT2D eigenvalue weighted by atomic mass is 19.4. The smallest absolute Gasteiger partial charge is 0.416 e. The van der Waals surface area contributed by atoms with Gasteiger partial charge in [0.15, 0.2) is 0 Å². The molecule has 16 heteroatoms. The Kier molecular flexibility index (Phi) is 12.5. The summed E-state index contributed by atoms with van der Waals surface area (Å²) in [6, 6.07) is 14.3. The minimum Gasteiger partial charge on any atom is -0.497 e. The molecule has 1 saturated heterocycles. The van der Waals surface area contributed by atoms with E-state index in [2.05, 4.69) is 11.6 Å². The minimum absolute atomic E-state index is 0.0156.